The van der Waals surface area contributed by atoms with Crippen LogP contribution in [0.1, 0.15) is 12.5 Å². The number of rotatable bonds is 2. The molecule has 0 saturated heterocycles. The molecule has 1 rings (SSSR count). The van der Waals surface area contributed by atoms with Gasteiger partial charge < -0.3 is 5.11 Å². The summed E-state index contributed by atoms with van der Waals surface area (Å²) < 4.78 is 25.8. The molecular weight excluding hydrogens is 186 g/mol. The molecule has 1 nitrogen and oxygen atoms in total. The van der Waals surface area contributed by atoms with Crippen molar-refractivity contribution in [3.8, 4) is 0 Å². The largest absolute Gasteiger partial charge is 0.512 e. The van der Waals surface area contributed by atoms with E-state index in [1.165, 1.54) is 19.1 Å². The van der Waals surface area contributed by atoms with E-state index in [1.807, 2.05) is 0 Å². The van der Waals surface area contributed by atoms with Crippen LogP contribution in [0.25, 0.3) is 5.57 Å². The topological polar surface area (TPSA) is 20.2 Å². The van der Waals surface area contributed by atoms with Crippen molar-refractivity contribution < 1.29 is 13.9 Å². The highest BCUT2D eigenvalue weighted by Crippen LogP contribution is 2.22. The van der Waals surface area contributed by atoms with Crippen LogP contribution in [0.5, 0.6) is 0 Å². The Morgan fingerprint density at radius 1 is 1.43 bits per heavy atom. The van der Waals surface area contributed by atoms with E-state index >= 15 is 0 Å². The van der Waals surface area contributed by atoms with Gasteiger partial charge in [0.15, 0.2) is 0 Å². The molecule has 0 aliphatic heterocycles. The molecule has 1 aromatic carbocycles. The van der Waals surface area contributed by atoms with Gasteiger partial charge in [0, 0.05) is 17.2 Å². The zero-order valence-electron chi connectivity index (χ0n) is 7.72. The Morgan fingerprint density at radius 2 is 2.07 bits per heavy atom. The third-order valence-electron chi connectivity index (χ3n) is 1.82. The van der Waals surface area contributed by atoms with Crippen molar-refractivity contribution in [1.29, 1.82) is 0 Å². The summed E-state index contributed by atoms with van der Waals surface area (Å²) >= 11 is 0. The number of aliphatic hydroxyl groups is 1. The molecule has 74 valence electrons. The van der Waals surface area contributed by atoms with E-state index in [1.54, 1.807) is 0 Å². The predicted molar refractivity (Wildman–Crippen MR) is 51.8 cm³/mol. The van der Waals surface area contributed by atoms with Crippen LogP contribution < -0.4 is 0 Å². The molecule has 0 aliphatic carbocycles. The fourth-order valence-corrected chi connectivity index (χ4v) is 1.16. The first kappa shape index (κ1) is 10.4. The van der Waals surface area contributed by atoms with E-state index in [0.717, 1.165) is 12.1 Å². The SMILES string of the molecule is C=C/C(=C(\C)O)c1ccc(F)cc1F. The van der Waals surface area contributed by atoms with Crippen molar-refractivity contribution in [2.24, 2.45) is 0 Å². The quantitative estimate of drug-likeness (QED) is 0.567. The van der Waals surface area contributed by atoms with E-state index in [4.69, 9.17) is 0 Å². The molecule has 0 amide bonds. The number of halogens is 2. The average Bonchev–Trinajstić information content (AvgIpc) is 2.09. The summed E-state index contributed by atoms with van der Waals surface area (Å²) in [4.78, 5) is 0. The lowest BCUT2D eigenvalue weighted by atomic mass is 10.0. The van der Waals surface area contributed by atoms with Gasteiger partial charge in [-0.3, -0.25) is 0 Å². The van der Waals surface area contributed by atoms with Gasteiger partial charge in [-0.25, -0.2) is 8.78 Å². The molecule has 0 bridgehead atoms. The zero-order valence-corrected chi connectivity index (χ0v) is 7.72. The minimum Gasteiger partial charge on any atom is -0.512 e. The second kappa shape index (κ2) is 4.05. The van der Waals surface area contributed by atoms with Crippen LogP contribution in [-0.4, -0.2) is 5.11 Å². The van der Waals surface area contributed by atoms with Crippen LogP contribution in [0.4, 0.5) is 8.78 Å². The Balaban J connectivity index is 3.32. The molecule has 0 aliphatic rings. The van der Waals surface area contributed by atoms with E-state index < -0.39 is 11.6 Å². The van der Waals surface area contributed by atoms with Gasteiger partial charge in [-0.05, 0) is 19.1 Å². The Morgan fingerprint density at radius 3 is 2.50 bits per heavy atom. The number of hydrogen-bond donors (Lipinski definition) is 1. The van der Waals surface area contributed by atoms with Gasteiger partial charge in [-0.2, -0.15) is 0 Å². The molecular formula is C11H10F2O. The monoisotopic (exact) mass is 196 g/mol. The lowest BCUT2D eigenvalue weighted by molar-refractivity contribution is 0.417. The molecule has 0 atom stereocenters. The van der Waals surface area contributed by atoms with Crippen molar-refractivity contribution in [2.75, 3.05) is 0 Å². The number of aliphatic hydroxyl groups excluding tert-OH is 1. The average molecular weight is 196 g/mol. The number of allylic oxidation sites excluding steroid dienone is 3. The lowest BCUT2D eigenvalue weighted by Gasteiger charge is -2.05. The smallest absolute Gasteiger partial charge is 0.134 e. The first-order chi connectivity index (χ1) is 6.56. The van der Waals surface area contributed by atoms with Crippen LogP contribution in [0.3, 0.4) is 0 Å². The predicted octanol–water partition coefficient (Wildman–Crippen LogP) is 3.44. The number of hydrogen-bond acceptors (Lipinski definition) is 1. The second-order valence-electron chi connectivity index (χ2n) is 2.83. The van der Waals surface area contributed by atoms with Crippen molar-refractivity contribution in [3.05, 3.63) is 53.8 Å². The Bertz CT molecular complexity index is 390. The molecule has 0 unspecified atom stereocenters. The molecule has 0 aromatic heterocycles. The van der Waals surface area contributed by atoms with Crippen molar-refractivity contribution in [2.45, 2.75) is 6.92 Å². The first-order valence-electron chi connectivity index (χ1n) is 4.04. The summed E-state index contributed by atoms with van der Waals surface area (Å²) in [5.74, 6) is -1.41. The van der Waals surface area contributed by atoms with E-state index in [0.29, 0.717) is 0 Å². The van der Waals surface area contributed by atoms with Crippen LogP contribution in [-0.2, 0) is 0 Å². The molecule has 0 fully saturated rings. The number of benzene rings is 1. The van der Waals surface area contributed by atoms with Gasteiger partial charge in [0.2, 0.25) is 0 Å². The Labute approximate surface area is 81.0 Å². The molecule has 1 N–H and O–H groups in total. The molecule has 0 heterocycles. The van der Waals surface area contributed by atoms with Crippen LogP contribution in [0.15, 0.2) is 36.6 Å². The summed E-state index contributed by atoms with van der Waals surface area (Å²) in [5.41, 5.74) is 0.406. The molecule has 14 heavy (non-hydrogen) atoms. The van der Waals surface area contributed by atoms with E-state index in [9.17, 15) is 13.9 Å². The lowest BCUT2D eigenvalue weighted by Crippen LogP contribution is -1.91. The minimum atomic E-state index is -0.715. The fourth-order valence-electron chi connectivity index (χ4n) is 1.16. The summed E-state index contributed by atoms with van der Waals surface area (Å²) in [5, 5.41) is 9.21. The Kier molecular flexibility index (Phi) is 3.02. The van der Waals surface area contributed by atoms with Crippen molar-refractivity contribution in [3.63, 3.8) is 0 Å². The van der Waals surface area contributed by atoms with Crippen LogP contribution >= 0.6 is 0 Å². The first-order valence-corrected chi connectivity index (χ1v) is 4.04. The van der Waals surface area contributed by atoms with Gasteiger partial charge in [0.1, 0.15) is 11.6 Å². The van der Waals surface area contributed by atoms with Crippen LogP contribution in [0.2, 0.25) is 0 Å². The summed E-state index contributed by atoms with van der Waals surface area (Å²) in [7, 11) is 0. The second-order valence-corrected chi connectivity index (χ2v) is 2.83. The maximum Gasteiger partial charge on any atom is 0.134 e. The highest BCUT2D eigenvalue weighted by Gasteiger charge is 2.08. The summed E-state index contributed by atoms with van der Waals surface area (Å²) in [6.45, 7) is 4.86. The third-order valence-corrected chi connectivity index (χ3v) is 1.82. The van der Waals surface area contributed by atoms with Gasteiger partial charge in [-0.15, -0.1) is 0 Å². The molecule has 0 spiro atoms. The molecule has 3 heteroatoms. The van der Waals surface area contributed by atoms with E-state index in [2.05, 4.69) is 6.58 Å². The maximum atomic E-state index is 13.2. The van der Waals surface area contributed by atoms with Gasteiger partial charge in [0.25, 0.3) is 0 Å². The summed E-state index contributed by atoms with van der Waals surface area (Å²) in [6, 6.07) is 3.16. The van der Waals surface area contributed by atoms with Crippen LogP contribution in [0, 0.1) is 11.6 Å². The molecule has 1 aromatic rings. The summed E-state index contributed by atoms with van der Waals surface area (Å²) in [6.07, 6.45) is 1.33. The highest BCUT2D eigenvalue weighted by molar-refractivity contribution is 5.74. The van der Waals surface area contributed by atoms with Crippen molar-refractivity contribution >= 4 is 5.57 Å². The molecule has 0 radical (unpaired) electrons. The van der Waals surface area contributed by atoms with Gasteiger partial charge in [0.05, 0.1) is 5.76 Å². The minimum absolute atomic E-state index is 0.0505. The fraction of sp³-hybridized carbons (Fsp3) is 0.0909. The maximum absolute atomic E-state index is 13.2. The molecule has 0 saturated carbocycles. The highest BCUT2D eigenvalue weighted by atomic mass is 19.1. The van der Waals surface area contributed by atoms with Gasteiger partial charge >= 0.3 is 0 Å². The zero-order chi connectivity index (χ0) is 10.7. The van der Waals surface area contributed by atoms with E-state index in [-0.39, 0.29) is 16.9 Å². The third kappa shape index (κ3) is 1.99. The normalized spacial score (nSPS) is 12.2. The Hall–Kier alpha value is -1.64. The van der Waals surface area contributed by atoms with Gasteiger partial charge in [-0.1, -0.05) is 12.7 Å². The standard InChI is InChI=1S/C11H10F2O/c1-3-9(7(2)14)10-5-4-8(12)6-11(10)13/h3-6,14H,1H2,2H3/b9-7-. The van der Waals surface area contributed by atoms with Crippen molar-refractivity contribution in [1.82, 2.24) is 0 Å².